The first-order valence-corrected chi connectivity index (χ1v) is 16.9. The number of carbonyl (C=O) groups is 4. The molecular weight excluding hydrogens is 814 g/mol. The van der Waals surface area contributed by atoms with Crippen LogP contribution in [0.15, 0.2) is 35.5 Å². The van der Waals surface area contributed by atoms with Crippen molar-refractivity contribution in [2.45, 2.75) is 84.7 Å². The van der Waals surface area contributed by atoms with Crippen LogP contribution in [-0.4, -0.2) is 83.5 Å². The van der Waals surface area contributed by atoms with Gasteiger partial charge < -0.3 is 10.2 Å². The largest absolute Gasteiger partial charge is 0.522 e. The average molecular weight is 858 g/mol. The van der Waals surface area contributed by atoms with E-state index in [1.165, 1.54) is 6.08 Å². The van der Waals surface area contributed by atoms with E-state index in [0.717, 1.165) is 43.3 Å². The first kappa shape index (κ1) is 55.8. The molecule has 0 saturated carbocycles. The van der Waals surface area contributed by atoms with Crippen LogP contribution in [0.25, 0.3) is 0 Å². The summed E-state index contributed by atoms with van der Waals surface area (Å²) in [4.78, 5) is 47.4. The van der Waals surface area contributed by atoms with Crippen LogP contribution in [0.1, 0.15) is 73.6 Å². The Morgan fingerprint density at radius 1 is 0.843 bits per heavy atom. The third-order valence-electron chi connectivity index (χ3n) is 8.65. The molecule has 1 radical (unpaired) electrons. The van der Waals surface area contributed by atoms with E-state index in [4.69, 9.17) is 36.2 Å². The summed E-state index contributed by atoms with van der Waals surface area (Å²) in [7, 11) is -11.7. The summed E-state index contributed by atoms with van der Waals surface area (Å²) in [5, 5.41) is 18.1. The fourth-order valence-electron chi connectivity index (χ4n) is 5.42. The summed E-state index contributed by atoms with van der Waals surface area (Å²) in [6.45, 7) is 9.97. The maximum absolute atomic E-state index is 12.0. The Bertz CT molecular complexity index is 1500. The number of alkyl halides is 6. The molecule has 0 fully saturated rings. The summed E-state index contributed by atoms with van der Waals surface area (Å²) >= 11 is 0. The van der Waals surface area contributed by atoms with Crippen LogP contribution in [-0.2, 0) is 56.5 Å². The Labute approximate surface area is 310 Å². The SMILES string of the molecule is C.C=CC(=O)C1=CCC[C@@H](C)[C@@]1(C)C(=O)CO.C[C@@H]1CCC2=C(C(=O)CC2)[C@]1(C)C(=O)CO.O=S(=O)(O)C(F)(F)F.O=S(=O)(O)C(F)(F)F.S.[Cu]. The molecule has 3 aliphatic carbocycles. The Kier molecular flexibility index (Phi) is 23.1. The third kappa shape index (κ3) is 13.8. The molecule has 0 heterocycles. The second kappa shape index (κ2) is 21.1. The molecule has 0 unspecified atom stereocenters. The number of hydrogen-bond acceptors (Lipinski definition) is 10. The van der Waals surface area contributed by atoms with Crippen LogP contribution in [0.3, 0.4) is 0 Å². The quantitative estimate of drug-likeness (QED) is 0.0928. The van der Waals surface area contributed by atoms with Gasteiger partial charge in [-0.05, 0) is 63.9 Å². The van der Waals surface area contributed by atoms with Gasteiger partial charge in [-0.2, -0.15) is 56.7 Å². The molecule has 51 heavy (non-hydrogen) atoms. The molecule has 0 aromatic rings. The molecule has 0 bridgehead atoms. The van der Waals surface area contributed by atoms with Crippen molar-refractivity contribution in [2.75, 3.05) is 13.2 Å². The molecule has 0 aromatic heterocycles. The topological polar surface area (TPSA) is 217 Å². The molecule has 0 aliphatic heterocycles. The first-order valence-electron chi connectivity index (χ1n) is 14.0. The van der Waals surface area contributed by atoms with Gasteiger partial charge in [0.25, 0.3) is 0 Å². The van der Waals surface area contributed by atoms with Crippen LogP contribution >= 0.6 is 13.5 Å². The maximum Gasteiger partial charge on any atom is 0.522 e. The van der Waals surface area contributed by atoms with E-state index in [0.29, 0.717) is 12.0 Å². The molecule has 3 rings (SSSR count). The molecule has 0 amide bonds. The molecule has 4 atom stereocenters. The second-order valence-corrected chi connectivity index (χ2v) is 14.2. The van der Waals surface area contributed by atoms with E-state index in [-0.39, 0.29) is 73.0 Å². The van der Waals surface area contributed by atoms with E-state index in [2.05, 4.69) is 6.58 Å². The van der Waals surface area contributed by atoms with E-state index >= 15 is 0 Å². The van der Waals surface area contributed by atoms with Gasteiger partial charge in [-0.3, -0.25) is 28.3 Å². The minimum atomic E-state index is -5.84. The number of halogens is 6. The van der Waals surface area contributed by atoms with Crippen molar-refractivity contribution in [1.29, 1.82) is 0 Å². The number of carbonyl (C=O) groups excluding carboxylic acids is 4. The van der Waals surface area contributed by atoms with E-state index in [1.54, 1.807) is 13.0 Å². The van der Waals surface area contributed by atoms with Gasteiger partial charge in [0.15, 0.2) is 23.1 Å². The van der Waals surface area contributed by atoms with Crippen LogP contribution in [0, 0.1) is 22.7 Å². The van der Waals surface area contributed by atoms with Gasteiger partial charge in [0.1, 0.15) is 13.2 Å². The minimum Gasteiger partial charge on any atom is -0.389 e. The van der Waals surface area contributed by atoms with Crippen LogP contribution < -0.4 is 0 Å². The first-order chi connectivity index (χ1) is 21.5. The molecule has 303 valence electrons. The molecule has 0 spiro atoms. The molecule has 22 heteroatoms. The fraction of sp³-hybridized carbons (Fsp3) is 0.655. The van der Waals surface area contributed by atoms with Crippen molar-refractivity contribution >= 4 is 56.9 Å². The number of aliphatic hydroxyl groups is 2. The molecular formula is C29H44CuF6O12S3. The van der Waals surface area contributed by atoms with Gasteiger partial charge >= 0.3 is 31.3 Å². The Balaban J connectivity index is -0.000000298. The van der Waals surface area contributed by atoms with Gasteiger partial charge in [0.05, 0.1) is 10.8 Å². The second-order valence-electron chi connectivity index (χ2n) is 11.4. The molecule has 0 saturated heterocycles. The number of allylic oxidation sites excluding steroid dienone is 5. The molecule has 12 nitrogen and oxygen atoms in total. The summed E-state index contributed by atoms with van der Waals surface area (Å²) in [6.07, 6.45) is 7.93. The van der Waals surface area contributed by atoms with E-state index in [9.17, 15) is 45.5 Å². The van der Waals surface area contributed by atoms with E-state index < -0.39 is 55.3 Å². The summed E-state index contributed by atoms with van der Waals surface area (Å²) in [5.41, 5.74) is -10.3. The predicted molar refractivity (Wildman–Crippen MR) is 174 cm³/mol. The number of aliphatic hydroxyl groups excluding tert-OH is 2. The minimum absolute atomic E-state index is 0. The Hall–Kier alpha value is -1.91. The van der Waals surface area contributed by atoms with Crippen molar-refractivity contribution in [3.05, 3.63) is 35.5 Å². The van der Waals surface area contributed by atoms with E-state index in [1.807, 2.05) is 20.8 Å². The van der Waals surface area contributed by atoms with Crippen molar-refractivity contribution in [3.63, 3.8) is 0 Å². The number of rotatable bonds is 6. The van der Waals surface area contributed by atoms with Crippen LogP contribution in [0.2, 0.25) is 0 Å². The smallest absolute Gasteiger partial charge is 0.389 e. The standard InChI is InChI=1S/2C13H18O3.2CHF3O3S.CH4.Cu.H2S/c1-8-3-4-9-5-6-10(15)12(9)13(8,2)11(16)7-14;1-4-11(15)10-7-5-6-9(2)13(10,3)12(16)8-14;2*2-1(3,4)8(5,6)7;;;/h8,14H,3-7H2,1-2H3;4,7,9,14H,1,5-6,8H2,2-3H3;2*(H,5,6,7);1H4;;1H2/t8-,13+;9-,13-;;;;;/m11...../s1. The predicted octanol–water partition coefficient (Wildman–Crippen LogP) is 4.84. The van der Waals surface area contributed by atoms with Gasteiger partial charge in [-0.25, -0.2) is 0 Å². The maximum atomic E-state index is 12.0. The number of ketones is 4. The number of hydrogen-bond donors (Lipinski definition) is 4. The summed E-state index contributed by atoms with van der Waals surface area (Å²) in [6, 6.07) is 0. The van der Waals surface area contributed by atoms with Gasteiger partial charge in [0.2, 0.25) is 0 Å². The zero-order valence-corrected chi connectivity index (χ0v) is 30.7. The Morgan fingerprint density at radius 2 is 1.22 bits per heavy atom. The monoisotopic (exact) mass is 857 g/mol. The van der Waals surface area contributed by atoms with Crippen molar-refractivity contribution in [1.82, 2.24) is 0 Å². The molecule has 0 aromatic carbocycles. The van der Waals surface area contributed by atoms with Gasteiger partial charge in [-0.1, -0.05) is 39.5 Å². The number of Topliss-reactive ketones (excluding diaryl/α,β-unsaturated/α-hetero) is 3. The zero-order chi connectivity index (χ0) is 38.3. The molecule has 4 N–H and O–H groups in total. The van der Waals surface area contributed by atoms with Crippen molar-refractivity contribution in [2.24, 2.45) is 22.7 Å². The third-order valence-corrected chi connectivity index (χ3v) is 9.82. The van der Waals surface area contributed by atoms with Crippen LogP contribution in [0.5, 0.6) is 0 Å². The Morgan fingerprint density at radius 3 is 1.57 bits per heavy atom. The molecule has 3 aliphatic rings. The van der Waals surface area contributed by atoms with Crippen molar-refractivity contribution in [3.8, 4) is 0 Å². The average Bonchev–Trinajstić information content (AvgIpc) is 3.35. The summed E-state index contributed by atoms with van der Waals surface area (Å²) in [5.74, 6) is -0.380. The fourth-order valence-corrected chi connectivity index (χ4v) is 5.42. The van der Waals surface area contributed by atoms with Gasteiger partial charge in [0, 0.05) is 34.6 Å². The van der Waals surface area contributed by atoms with Gasteiger partial charge in [-0.15, -0.1) is 0 Å². The normalized spacial score (nSPS) is 24.4. The van der Waals surface area contributed by atoms with Crippen LogP contribution in [0.4, 0.5) is 26.3 Å². The zero-order valence-electron chi connectivity index (χ0n) is 27.1. The summed E-state index contributed by atoms with van der Waals surface area (Å²) < 4.78 is 115. The van der Waals surface area contributed by atoms with Crippen molar-refractivity contribution < 1.29 is 98.7 Å².